The molecular formula is C19H28N2O2. The lowest BCUT2D eigenvalue weighted by molar-refractivity contribution is -0.133. The molecular weight excluding hydrogens is 288 g/mol. The highest BCUT2D eigenvalue weighted by Gasteiger charge is 2.37. The number of nitrogens with one attached hydrogen (secondary N) is 1. The van der Waals surface area contributed by atoms with E-state index >= 15 is 0 Å². The van der Waals surface area contributed by atoms with Crippen LogP contribution in [0.15, 0.2) is 18.2 Å². The van der Waals surface area contributed by atoms with Crippen LogP contribution in [0.25, 0.3) is 0 Å². The zero-order chi connectivity index (χ0) is 16.3. The molecule has 0 unspecified atom stereocenters. The minimum absolute atomic E-state index is 0.233. The second kappa shape index (κ2) is 6.91. The number of aryl methyl sites for hydroxylation is 1. The maximum absolute atomic E-state index is 12.4. The van der Waals surface area contributed by atoms with E-state index in [1.54, 1.807) is 0 Å². The summed E-state index contributed by atoms with van der Waals surface area (Å²) < 4.78 is 5.81. The summed E-state index contributed by atoms with van der Waals surface area (Å²) in [5, 5.41) is 3.47. The molecule has 0 aromatic heterocycles. The van der Waals surface area contributed by atoms with Gasteiger partial charge in [0.1, 0.15) is 5.75 Å². The third-order valence-corrected chi connectivity index (χ3v) is 5.64. The van der Waals surface area contributed by atoms with Crippen LogP contribution < -0.4 is 10.1 Å². The molecule has 2 saturated heterocycles. The van der Waals surface area contributed by atoms with Crippen molar-refractivity contribution in [1.29, 1.82) is 0 Å². The normalized spacial score (nSPS) is 20.0. The highest BCUT2D eigenvalue weighted by atomic mass is 16.5. The number of nitrogens with zero attached hydrogens (tertiary/aromatic N) is 1. The Balaban J connectivity index is 1.44. The van der Waals surface area contributed by atoms with Gasteiger partial charge in [0.2, 0.25) is 5.91 Å². The maximum Gasteiger partial charge on any atom is 0.225 e. The Morgan fingerprint density at radius 3 is 2.74 bits per heavy atom. The Hall–Kier alpha value is -1.55. The van der Waals surface area contributed by atoms with Crippen molar-refractivity contribution >= 4 is 5.91 Å². The molecule has 0 saturated carbocycles. The van der Waals surface area contributed by atoms with Gasteiger partial charge in [-0.25, -0.2) is 0 Å². The molecule has 126 valence electrons. The quantitative estimate of drug-likeness (QED) is 0.928. The summed E-state index contributed by atoms with van der Waals surface area (Å²) in [7, 11) is 0. The van der Waals surface area contributed by atoms with E-state index in [9.17, 15) is 4.79 Å². The number of hydrogen-bond donors (Lipinski definition) is 1. The van der Waals surface area contributed by atoms with Gasteiger partial charge in [0.25, 0.3) is 0 Å². The third kappa shape index (κ3) is 3.69. The van der Waals surface area contributed by atoms with Gasteiger partial charge in [-0.15, -0.1) is 0 Å². The SMILES string of the molecule is Cc1cccc(OCCC(=O)N2CCC3(CCNC3)CC2)c1C. The van der Waals surface area contributed by atoms with Gasteiger partial charge in [0.15, 0.2) is 0 Å². The monoisotopic (exact) mass is 316 g/mol. The molecule has 0 aliphatic carbocycles. The van der Waals surface area contributed by atoms with Crippen LogP contribution in [0.5, 0.6) is 5.75 Å². The van der Waals surface area contributed by atoms with Crippen LogP contribution in [-0.4, -0.2) is 43.6 Å². The average molecular weight is 316 g/mol. The standard InChI is InChI=1S/C19H28N2O2/c1-15-4-3-5-17(16(15)2)23-13-6-18(22)21-11-8-19(9-12-21)7-10-20-14-19/h3-5,20H,6-14H2,1-2H3. The molecule has 4 heteroatoms. The summed E-state index contributed by atoms with van der Waals surface area (Å²) in [5.74, 6) is 1.13. The van der Waals surface area contributed by atoms with Crippen molar-refractivity contribution in [2.75, 3.05) is 32.8 Å². The fourth-order valence-corrected chi connectivity index (χ4v) is 3.74. The van der Waals surface area contributed by atoms with Crippen molar-refractivity contribution in [3.8, 4) is 5.75 Å². The Kier molecular flexibility index (Phi) is 4.90. The van der Waals surface area contributed by atoms with Crippen LogP contribution in [0.3, 0.4) is 0 Å². The lowest BCUT2D eigenvalue weighted by Crippen LogP contribution is -2.44. The van der Waals surface area contributed by atoms with Crippen molar-refractivity contribution in [3.63, 3.8) is 0 Å². The summed E-state index contributed by atoms with van der Waals surface area (Å²) >= 11 is 0. The number of carbonyl (C=O) groups excluding carboxylic acids is 1. The van der Waals surface area contributed by atoms with Crippen molar-refractivity contribution in [1.82, 2.24) is 10.2 Å². The van der Waals surface area contributed by atoms with Crippen LogP contribution in [-0.2, 0) is 4.79 Å². The van der Waals surface area contributed by atoms with Crippen molar-refractivity contribution in [3.05, 3.63) is 29.3 Å². The molecule has 1 amide bonds. The average Bonchev–Trinajstić information content (AvgIpc) is 3.00. The minimum atomic E-state index is 0.233. The fraction of sp³-hybridized carbons (Fsp3) is 0.632. The van der Waals surface area contributed by atoms with E-state index < -0.39 is 0 Å². The molecule has 1 aromatic carbocycles. The molecule has 2 fully saturated rings. The Bertz CT molecular complexity index is 554. The van der Waals surface area contributed by atoms with Crippen molar-refractivity contribution in [2.45, 2.75) is 39.5 Å². The van der Waals surface area contributed by atoms with Crippen molar-refractivity contribution in [2.24, 2.45) is 5.41 Å². The van der Waals surface area contributed by atoms with Crippen LogP contribution in [0.4, 0.5) is 0 Å². The summed E-state index contributed by atoms with van der Waals surface area (Å²) in [6, 6.07) is 6.05. The third-order valence-electron chi connectivity index (χ3n) is 5.64. The van der Waals surface area contributed by atoms with Gasteiger partial charge in [0.05, 0.1) is 13.0 Å². The smallest absolute Gasteiger partial charge is 0.225 e. The lowest BCUT2D eigenvalue weighted by Gasteiger charge is -2.38. The highest BCUT2D eigenvalue weighted by Crippen LogP contribution is 2.37. The van der Waals surface area contributed by atoms with Crippen LogP contribution in [0.2, 0.25) is 0 Å². The molecule has 0 atom stereocenters. The molecule has 4 nitrogen and oxygen atoms in total. The first kappa shape index (κ1) is 16.3. The van der Waals surface area contributed by atoms with Crippen LogP contribution in [0, 0.1) is 19.3 Å². The summed E-state index contributed by atoms with van der Waals surface area (Å²) in [5.41, 5.74) is 2.85. The van der Waals surface area contributed by atoms with E-state index in [4.69, 9.17) is 4.74 Å². The number of rotatable bonds is 4. The topological polar surface area (TPSA) is 41.6 Å². The van der Waals surface area contributed by atoms with Gasteiger partial charge < -0.3 is 15.0 Å². The molecule has 1 spiro atoms. The number of likely N-dealkylation sites (tertiary alicyclic amines) is 1. The minimum Gasteiger partial charge on any atom is -0.493 e. The first-order chi connectivity index (χ1) is 11.1. The Morgan fingerprint density at radius 1 is 1.26 bits per heavy atom. The number of hydrogen-bond acceptors (Lipinski definition) is 3. The van der Waals surface area contributed by atoms with Crippen LogP contribution in [0.1, 0.15) is 36.8 Å². The highest BCUT2D eigenvalue weighted by molar-refractivity contribution is 5.76. The summed E-state index contributed by atoms with van der Waals surface area (Å²) in [6.45, 7) is 8.68. The molecule has 2 heterocycles. The van der Waals surface area contributed by atoms with Gasteiger partial charge in [-0.2, -0.15) is 0 Å². The van der Waals surface area contributed by atoms with Gasteiger partial charge in [-0.3, -0.25) is 4.79 Å². The second-order valence-corrected chi connectivity index (χ2v) is 7.10. The van der Waals surface area contributed by atoms with E-state index in [2.05, 4.69) is 25.2 Å². The van der Waals surface area contributed by atoms with E-state index in [1.165, 1.54) is 12.0 Å². The number of carbonyl (C=O) groups is 1. The Morgan fingerprint density at radius 2 is 2.04 bits per heavy atom. The number of piperidine rings is 1. The molecule has 2 aliphatic heterocycles. The second-order valence-electron chi connectivity index (χ2n) is 7.10. The largest absolute Gasteiger partial charge is 0.493 e. The molecule has 1 N–H and O–H groups in total. The molecule has 23 heavy (non-hydrogen) atoms. The fourth-order valence-electron chi connectivity index (χ4n) is 3.74. The predicted molar refractivity (Wildman–Crippen MR) is 91.8 cm³/mol. The Labute approximate surface area is 139 Å². The molecule has 0 bridgehead atoms. The summed E-state index contributed by atoms with van der Waals surface area (Å²) in [4.78, 5) is 14.4. The van der Waals surface area contributed by atoms with E-state index in [0.717, 1.165) is 50.3 Å². The zero-order valence-electron chi connectivity index (χ0n) is 14.4. The first-order valence-corrected chi connectivity index (χ1v) is 8.77. The van der Waals surface area contributed by atoms with E-state index in [-0.39, 0.29) is 5.91 Å². The summed E-state index contributed by atoms with van der Waals surface area (Å²) in [6.07, 6.45) is 4.02. The number of amides is 1. The lowest BCUT2D eigenvalue weighted by atomic mass is 9.78. The van der Waals surface area contributed by atoms with Crippen LogP contribution >= 0.6 is 0 Å². The molecule has 2 aliphatic rings. The van der Waals surface area contributed by atoms with E-state index in [1.807, 2.05) is 17.0 Å². The maximum atomic E-state index is 12.4. The first-order valence-electron chi connectivity index (χ1n) is 8.77. The van der Waals surface area contributed by atoms with Gasteiger partial charge in [-0.1, -0.05) is 12.1 Å². The zero-order valence-corrected chi connectivity index (χ0v) is 14.4. The number of benzene rings is 1. The van der Waals surface area contributed by atoms with Gasteiger partial charge in [-0.05, 0) is 62.3 Å². The molecule has 1 aromatic rings. The van der Waals surface area contributed by atoms with Crippen molar-refractivity contribution < 1.29 is 9.53 Å². The van der Waals surface area contributed by atoms with E-state index in [0.29, 0.717) is 18.4 Å². The number of ether oxygens (including phenoxy) is 1. The predicted octanol–water partition coefficient (Wildman–Crippen LogP) is 2.67. The molecule has 3 rings (SSSR count). The van der Waals surface area contributed by atoms with Gasteiger partial charge in [0, 0.05) is 19.6 Å². The van der Waals surface area contributed by atoms with Gasteiger partial charge >= 0.3 is 0 Å². The molecule has 0 radical (unpaired) electrons.